The number of hydrogen-bond acceptors (Lipinski definition) is 5. The Bertz CT molecular complexity index is 746. The molecule has 1 saturated heterocycles. The average Bonchev–Trinajstić information content (AvgIpc) is 3.09. The lowest BCUT2D eigenvalue weighted by atomic mass is 9.98. The van der Waals surface area contributed by atoms with Gasteiger partial charge in [-0.05, 0) is 25.2 Å². The molecule has 8 nitrogen and oxygen atoms in total. The van der Waals surface area contributed by atoms with Gasteiger partial charge in [0.1, 0.15) is 0 Å². The lowest BCUT2D eigenvalue weighted by molar-refractivity contribution is -0.0496. The number of alkyl halides is 3. The van der Waals surface area contributed by atoms with Crippen molar-refractivity contribution in [2.75, 3.05) is 26.7 Å². The summed E-state index contributed by atoms with van der Waals surface area (Å²) in [6, 6.07) is 1.84. The van der Waals surface area contributed by atoms with Crippen molar-refractivity contribution in [3.8, 4) is 0 Å². The fourth-order valence-corrected chi connectivity index (χ4v) is 3.72. The lowest BCUT2D eigenvalue weighted by Crippen LogP contribution is -2.47. The molecule has 28 heavy (non-hydrogen) atoms. The number of aryl methyl sites for hydroxylation is 1. The van der Waals surface area contributed by atoms with Crippen LogP contribution in [0.25, 0.3) is 0 Å². The highest BCUT2D eigenvalue weighted by atomic mass is 127. The minimum Gasteiger partial charge on any atom is -0.359 e. The maximum Gasteiger partial charge on any atom is 0.511 e. The Kier molecular flexibility index (Phi) is 9.46. The molecule has 0 saturated carbocycles. The first-order valence-electron chi connectivity index (χ1n) is 8.62. The smallest absolute Gasteiger partial charge is 0.359 e. The summed E-state index contributed by atoms with van der Waals surface area (Å²) in [4.78, 5) is 4.08. The second-order valence-electron chi connectivity index (χ2n) is 6.24. The van der Waals surface area contributed by atoms with Crippen LogP contribution in [0.1, 0.15) is 31.2 Å². The monoisotopic (exact) mass is 539 g/mol. The Morgan fingerprint density at radius 2 is 2.00 bits per heavy atom. The van der Waals surface area contributed by atoms with Gasteiger partial charge in [-0.3, -0.25) is 4.99 Å². The topological polar surface area (TPSA) is 99.8 Å². The Morgan fingerprint density at radius 1 is 1.36 bits per heavy atom. The Hall–Kier alpha value is -1.09. The summed E-state index contributed by atoms with van der Waals surface area (Å²) in [5.41, 5.74) is -4.39. The van der Waals surface area contributed by atoms with Crippen LogP contribution in [0.4, 0.5) is 13.2 Å². The highest BCUT2D eigenvalue weighted by molar-refractivity contribution is 14.0. The number of guanidine groups is 1. The number of aliphatic imine (C=N–C) groups is 1. The maximum atomic E-state index is 12.6. The molecule has 0 amide bonds. The van der Waals surface area contributed by atoms with Gasteiger partial charge in [-0.15, -0.1) is 24.0 Å². The van der Waals surface area contributed by atoms with Crippen molar-refractivity contribution in [3.63, 3.8) is 0 Å². The number of nitrogens with zero attached hydrogens (tertiary/aromatic N) is 3. The number of halogens is 4. The normalized spacial score (nSPS) is 17.2. The molecule has 0 aromatic carbocycles. The zero-order valence-corrected chi connectivity index (χ0v) is 18.8. The van der Waals surface area contributed by atoms with E-state index < -0.39 is 15.5 Å². The fourth-order valence-electron chi connectivity index (χ4n) is 2.74. The number of piperidine rings is 1. The molecule has 2 heterocycles. The molecule has 0 bridgehead atoms. The molecular weight excluding hydrogens is 514 g/mol. The first kappa shape index (κ1) is 24.9. The molecular formula is C15H25F3IN5O3S. The summed E-state index contributed by atoms with van der Waals surface area (Å²) < 4.78 is 66.3. The van der Waals surface area contributed by atoms with Gasteiger partial charge in [-0.25, -0.2) is 8.42 Å². The van der Waals surface area contributed by atoms with E-state index in [9.17, 15) is 21.6 Å². The van der Waals surface area contributed by atoms with Crippen LogP contribution in [-0.4, -0.2) is 56.0 Å². The molecule has 0 unspecified atom stereocenters. The van der Waals surface area contributed by atoms with Crippen LogP contribution < -0.4 is 10.6 Å². The second-order valence-corrected chi connectivity index (χ2v) is 8.17. The molecule has 0 spiro atoms. The van der Waals surface area contributed by atoms with Crippen LogP contribution in [0, 0.1) is 5.92 Å². The van der Waals surface area contributed by atoms with E-state index in [4.69, 9.17) is 4.52 Å². The molecule has 1 aromatic rings. The Labute approximate surface area is 179 Å². The first-order chi connectivity index (χ1) is 12.7. The number of hydrogen-bond donors (Lipinski definition) is 2. The third-order valence-electron chi connectivity index (χ3n) is 4.39. The van der Waals surface area contributed by atoms with Crippen molar-refractivity contribution >= 4 is 40.0 Å². The first-order valence-corrected chi connectivity index (χ1v) is 10.1. The second kappa shape index (κ2) is 10.6. The number of sulfonamides is 1. The fraction of sp³-hybridized carbons (Fsp3) is 0.733. The van der Waals surface area contributed by atoms with Crippen LogP contribution in [0.15, 0.2) is 15.6 Å². The van der Waals surface area contributed by atoms with E-state index in [-0.39, 0.29) is 43.0 Å². The molecule has 1 aliphatic rings. The molecule has 0 atom stereocenters. The van der Waals surface area contributed by atoms with Gasteiger partial charge in [0, 0.05) is 32.7 Å². The van der Waals surface area contributed by atoms with Gasteiger partial charge in [-0.2, -0.15) is 17.5 Å². The molecule has 1 aliphatic heterocycles. The molecule has 0 radical (unpaired) electrons. The van der Waals surface area contributed by atoms with E-state index in [0.717, 1.165) is 12.1 Å². The zero-order valence-electron chi connectivity index (χ0n) is 15.6. The molecule has 162 valence electrons. The van der Waals surface area contributed by atoms with Crippen LogP contribution in [0.2, 0.25) is 0 Å². The predicted molar refractivity (Wildman–Crippen MR) is 109 cm³/mol. The summed E-state index contributed by atoms with van der Waals surface area (Å²) in [5, 5.41) is 10.1. The third-order valence-corrected chi connectivity index (χ3v) is 6.02. The average molecular weight is 539 g/mol. The third kappa shape index (κ3) is 6.47. The van der Waals surface area contributed by atoms with E-state index >= 15 is 0 Å². The van der Waals surface area contributed by atoms with Gasteiger partial charge in [0.15, 0.2) is 11.7 Å². The van der Waals surface area contributed by atoms with Gasteiger partial charge in [0.25, 0.3) is 0 Å². The Balaban J connectivity index is 0.00000392. The largest absolute Gasteiger partial charge is 0.511 e. The highest BCUT2D eigenvalue weighted by Gasteiger charge is 2.50. The van der Waals surface area contributed by atoms with E-state index in [0.29, 0.717) is 42.0 Å². The van der Waals surface area contributed by atoms with Crippen molar-refractivity contribution in [1.82, 2.24) is 20.1 Å². The summed E-state index contributed by atoms with van der Waals surface area (Å²) in [6.45, 7) is 2.57. The number of rotatable bonds is 6. The van der Waals surface area contributed by atoms with Crippen molar-refractivity contribution in [1.29, 1.82) is 0 Å². The van der Waals surface area contributed by atoms with Crippen LogP contribution in [0.5, 0.6) is 0 Å². The van der Waals surface area contributed by atoms with Crippen LogP contribution in [-0.2, 0) is 23.0 Å². The van der Waals surface area contributed by atoms with Gasteiger partial charge < -0.3 is 15.2 Å². The molecule has 2 rings (SSSR count). The van der Waals surface area contributed by atoms with Crippen LogP contribution in [0.3, 0.4) is 0 Å². The molecule has 0 aliphatic carbocycles. The summed E-state index contributed by atoms with van der Waals surface area (Å²) in [5.74, 6) is 1.25. The highest BCUT2D eigenvalue weighted by Crippen LogP contribution is 2.30. The number of aromatic nitrogens is 1. The van der Waals surface area contributed by atoms with E-state index in [2.05, 4.69) is 20.8 Å². The summed E-state index contributed by atoms with van der Waals surface area (Å²) in [7, 11) is -3.63. The van der Waals surface area contributed by atoms with Gasteiger partial charge in [-0.1, -0.05) is 12.1 Å². The molecule has 2 N–H and O–H groups in total. The van der Waals surface area contributed by atoms with E-state index in [1.807, 2.05) is 13.0 Å². The molecule has 13 heteroatoms. The molecule has 1 fully saturated rings. The van der Waals surface area contributed by atoms with E-state index in [1.54, 1.807) is 7.05 Å². The predicted octanol–water partition coefficient (Wildman–Crippen LogP) is 2.08. The number of nitrogens with one attached hydrogen (secondary N) is 2. The minimum atomic E-state index is -5.25. The maximum absolute atomic E-state index is 12.6. The van der Waals surface area contributed by atoms with Crippen LogP contribution >= 0.6 is 24.0 Å². The van der Waals surface area contributed by atoms with Crippen molar-refractivity contribution in [2.24, 2.45) is 10.9 Å². The van der Waals surface area contributed by atoms with Gasteiger partial charge in [0.2, 0.25) is 0 Å². The van der Waals surface area contributed by atoms with Gasteiger partial charge in [0.05, 0.1) is 12.2 Å². The SMILES string of the molecule is CCc1cc(CNC(=NC)NCC2CCN(S(=O)(=O)C(F)(F)F)CC2)on1.I. The standard InChI is InChI=1S/C15H24F3N5O3S.HI/c1-3-12-8-13(26-22-12)10-21-14(19-2)20-9-11-4-6-23(7-5-11)27(24,25)15(16,17)18;/h8,11H,3-7,9-10H2,1-2H3,(H2,19,20,21);1H. The summed E-state index contributed by atoms with van der Waals surface area (Å²) in [6.07, 6.45) is 1.47. The van der Waals surface area contributed by atoms with Crippen molar-refractivity contribution in [3.05, 3.63) is 17.5 Å². The Morgan fingerprint density at radius 3 is 2.50 bits per heavy atom. The molecule has 1 aromatic heterocycles. The zero-order chi connectivity index (χ0) is 20.1. The van der Waals surface area contributed by atoms with Crippen molar-refractivity contribution < 1.29 is 26.1 Å². The quantitative estimate of drug-likeness (QED) is 0.327. The van der Waals surface area contributed by atoms with E-state index in [1.165, 1.54) is 0 Å². The van der Waals surface area contributed by atoms with Crippen molar-refractivity contribution in [2.45, 2.75) is 38.2 Å². The lowest BCUT2D eigenvalue weighted by Gasteiger charge is -2.31. The minimum absolute atomic E-state index is 0. The summed E-state index contributed by atoms with van der Waals surface area (Å²) >= 11 is 0. The van der Waals surface area contributed by atoms with Gasteiger partial charge >= 0.3 is 15.5 Å².